The monoisotopic (exact) mass is 487 g/mol. The van der Waals surface area contributed by atoms with Crippen LogP contribution in [0, 0.1) is 0 Å². The lowest BCUT2D eigenvalue weighted by molar-refractivity contribution is -0.148. The molecule has 1 saturated heterocycles. The molecule has 1 rings (SSSR count). The first-order valence-corrected chi connectivity index (χ1v) is 10.4. The number of carboxylic acids is 3. The second-order valence-corrected chi connectivity index (χ2v) is 7.77. The predicted molar refractivity (Wildman–Crippen MR) is 112 cm³/mol. The lowest BCUT2D eigenvalue weighted by Crippen LogP contribution is -2.57. The highest BCUT2D eigenvalue weighted by Gasteiger charge is 2.31. The Morgan fingerprint density at radius 1 is 0.765 bits per heavy atom. The van der Waals surface area contributed by atoms with Gasteiger partial charge in [0, 0.05) is 0 Å². The van der Waals surface area contributed by atoms with Crippen molar-refractivity contribution in [2.75, 3.05) is 6.54 Å². The van der Waals surface area contributed by atoms with E-state index in [0.29, 0.717) is 13.0 Å². The molecule has 190 valence electrons. The zero-order valence-electron chi connectivity index (χ0n) is 18.6. The van der Waals surface area contributed by atoms with Crippen LogP contribution in [0.15, 0.2) is 0 Å². The first-order valence-electron chi connectivity index (χ1n) is 10.4. The van der Waals surface area contributed by atoms with Gasteiger partial charge in [0.15, 0.2) is 0 Å². The molecule has 34 heavy (non-hydrogen) atoms. The zero-order valence-corrected chi connectivity index (χ0v) is 18.6. The van der Waals surface area contributed by atoms with Gasteiger partial charge in [-0.1, -0.05) is 0 Å². The summed E-state index contributed by atoms with van der Waals surface area (Å²) >= 11 is 0. The fourth-order valence-electron chi connectivity index (χ4n) is 3.02. The van der Waals surface area contributed by atoms with E-state index >= 15 is 0 Å². The van der Waals surface area contributed by atoms with Gasteiger partial charge in [-0.05, 0) is 33.2 Å². The van der Waals surface area contributed by atoms with E-state index in [0.717, 1.165) is 6.42 Å². The minimum atomic E-state index is -1.85. The van der Waals surface area contributed by atoms with Gasteiger partial charge in [0.05, 0.1) is 18.9 Å². The van der Waals surface area contributed by atoms with E-state index in [9.17, 15) is 33.6 Å². The Morgan fingerprint density at radius 2 is 1.26 bits per heavy atom. The van der Waals surface area contributed by atoms with Crippen molar-refractivity contribution in [1.82, 2.24) is 26.6 Å². The number of hydrogen-bond donors (Lipinski definition) is 8. The van der Waals surface area contributed by atoms with Gasteiger partial charge in [-0.15, -0.1) is 0 Å². The Hall–Kier alpha value is -3.75. The van der Waals surface area contributed by atoms with Crippen molar-refractivity contribution in [3.8, 4) is 0 Å². The molecule has 0 saturated carbocycles. The molecule has 15 heteroatoms. The number of nitrogens with one attached hydrogen (secondary N) is 5. The topological polar surface area (TPSA) is 240 Å². The van der Waals surface area contributed by atoms with E-state index in [1.54, 1.807) is 0 Å². The van der Waals surface area contributed by atoms with Crippen LogP contribution in [-0.2, 0) is 33.6 Å². The number of carbonyl (C=O) groups is 7. The third kappa shape index (κ3) is 9.40. The van der Waals surface area contributed by atoms with E-state index in [2.05, 4.69) is 21.3 Å². The summed E-state index contributed by atoms with van der Waals surface area (Å²) in [7, 11) is 0. The molecule has 0 bridgehead atoms. The largest absolute Gasteiger partial charge is 0.481 e. The van der Waals surface area contributed by atoms with Crippen LogP contribution in [0.25, 0.3) is 0 Å². The Labute approximate surface area is 194 Å². The van der Waals surface area contributed by atoms with Crippen LogP contribution in [0.1, 0.15) is 39.5 Å². The number of amides is 4. The summed E-state index contributed by atoms with van der Waals surface area (Å²) in [5.41, 5.74) is 0. The van der Waals surface area contributed by atoms with Crippen molar-refractivity contribution in [3.05, 3.63) is 0 Å². The number of rotatable bonds is 13. The fraction of sp³-hybridized carbons (Fsp3) is 0.632. The van der Waals surface area contributed by atoms with E-state index in [1.165, 1.54) is 13.8 Å². The molecule has 0 aromatic carbocycles. The molecular weight excluding hydrogens is 458 g/mol. The molecule has 4 amide bonds. The van der Waals surface area contributed by atoms with Crippen molar-refractivity contribution in [3.63, 3.8) is 0 Å². The highest BCUT2D eigenvalue weighted by Crippen LogP contribution is 2.05. The molecule has 8 N–H and O–H groups in total. The molecule has 0 spiro atoms. The summed E-state index contributed by atoms with van der Waals surface area (Å²) in [5, 5.41) is 38.5. The first kappa shape index (κ1) is 28.3. The third-order valence-electron chi connectivity index (χ3n) is 4.89. The number of aliphatic carboxylic acids is 3. The van der Waals surface area contributed by atoms with Crippen molar-refractivity contribution in [2.24, 2.45) is 0 Å². The maximum atomic E-state index is 12.4. The van der Waals surface area contributed by atoms with Crippen molar-refractivity contribution < 1.29 is 48.9 Å². The first-order chi connectivity index (χ1) is 15.8. The van der Waals surface area contributed by atoms with Gasteiger partial charge >= 0.3 is 17.9 Å². The Bertz CT molecular complexity index is 826. The van der Waals surface area contributed by atoms with E-state index in [4.69, 9.17) is 15.3 Å². The van der Waals surface area contributed by atoms with E-state index in [1.807, 2.05) is 5.32 Å². The Kier molecular flexibility index (Phi) is 10.9. The van der Waals surface area contributed by atoms with Crippen LogP contribution in [-0.4, -0.2) is 93.6 Å². The highest BCUT2D eigenvalue weighted by molar-refractivity contribution is 5.96. The number of carboxylic acid groups (broad SMARTS) is 3. The normalized spacial score (nSPS) is 18.5. The zero-order chi connectivity index (χ0) is 26.0. The molecule has 0 aromatic heterocycles. The van der Waals surface area contributed by atoms with Gasteiger partial charge in [-0.3, -0.25) is 28.8 Å². The summed E-state index contributed by atoms with van der Waals surface area (Å²) < 4.78 is 0. The minimum absolute atomic E-state index is 0.371. The van der Waals surface area contributed by atoms with Crippen molar-refractivity contribution in [2.45, 2.75) is 69.7 Å². The smallest absolute Gasteiger partial charge is 0.326 e. The van der Waals surface area contributed by atoms with Gasteiger partial charge < -0.3 is 41.9 Å². The molecule has 0 aliphatic carbocycles. The summed E-state index contributed by atoms with van der Waals surface area (Å²) in [6.45, 7) is 3.34. The van der Waals surface area contributed by atoms with Crippen molar-refractivity contribution >= 4 is 41.5 Å². The summed E-state index contributed by atoms with van der Waals surface area (Å²) in [6, 6.07) is -6.26. The van der Waals surface area contributed by atoms with Crippen LogP contribution in [0.2, 0.25) is 0 Å². The minimum Gasteiger partial charge on any atom is -0.481 e. The van der Waals surface area contributed by atoms with E-state index in [-0.39, 0.29) is 5.91 Å². The molecular formula is C19H29N5O10. The quantitative estimate of drug-likeness (QED) is 0.128. The van der Waals surface area contributed by atoms with Crippen molar-refractivity contribution in [1.29, 1.82) is 0 Å². The molecule has 5 atom stereocenters. The summed E-state index contributed by atoms with van der Waals surface area (Å²) in [4.78, 5) is 82.1. The van der Waals surface area contributed by atoms with Gasteiger partial charge in [0.25, 0.3) is 0 Å². The van der Waals surface area contributed by atoms with Gasteiger partial charge in [0.2, 0.25) is 23.6 Å². The standard InChI is InChI=1S/C19H29N5O10/c1-8(22-17(31)10-4-3-5-20-10)15(29)21-9(2)16(30)23-11(6-13(25)26)18(32)24-12(19(33)34)7-14(27)28/h8-12,20H,3-7H2,1-2H3,(H,21,29)(H,22,31)(H,23,30)(H,24,32)(H,25,26)(H,27,28)(H,33,34)/t8-,9-,10-,11-,12-/m0/s1. The molecule has 1 heterocycles. The Balaban J connectivity index is 2.72. The predicted octanol–water partition coefficient (Wildman–Crippen LogP) is -3.25. The Morgan fingerprint density at radius 3 is 1.76 bits per heavy atom. The number of hydrogen-bond acceptors (Lipinski definition) is 8. The van der Waals surface area contributed by atoms with Gasteiger partial charge in [-0.2, -0.15) is 0 Å². The average molecular weight is 487 g/mol. The van der Waals surface area contributed by atoms with Gasteiger partial charge in [-0.25, -0.2) is 4.79 Å². The molecule has 1 aliphatic rings. The lowest BCUT2D eigenvalue weighted by atomic mass is 10.1. The summed E-state index contributed by atoms with van der Waals surface area (Å²) in [6.07, 6.45) is -0.453. The second-order valence-electron chi connectivity index (χ2n) is 7.77. The fourth-order valence-corrected chi connectivity index (χ4v) is 3.02. The van der Waals surface area contributed by atoms with Crippen LogP contribution in [0.3, 0.4) is 0 Å². The molecule has 1 fully saturated rings. The van der Waals surface area contributed by atoms with Crippen LogP contribution in [0.5, 0.6) is 0 Å². The number of carbonyl (C=O) groups excluding carboxylic acids is 4. The third-order valence-corrected chi connectivity index (χ3v) is 4.89. The van der Waals surface area contributed by atoms with Crippen LogP contribution < -0.4 is 26.6 Å². The molecule has 0 unspecified atom stereocenters. The van der Waals surface area contributed by atoms with Gasteiger partial charge in [0.1, 0.15) is 24.2 Å². The summed E-state index contributed by atoms with van der Waals surface area (Å²) in [5.74, 6) is -7.96. The van der Waals surface area contributed by atoms with E-state index < -0.39 is 78.7 Å². The van der Waals surface area contributed by atoms with Crippen LogP contribution in [0.4, 0.5) is 0 Å². The average Bonchev–Trinajstić information content (AvgIpc) is 3.26. The second kappa shape index (κ2) is 13.1. The van der Waals surface area contributed by atoms with Crippen LogP contribution >= 0.6 is 0 Å². The highest BCUT2D eigenvalue weighted by atomic mass is 16.4. The molecule has 0 aromatic rings. The maximum absolute atomic E-state index is 12.4. The molecule has 1 aliphatic heterocycles. The lowest BCUT2D eigenvalue weighted by Gasteiger charge is -2.23. The maximum Gasteiger partial charge on any atom is 0.326 e. The SMILES string of the molecule is C[C@H](NC(=O)[C@H](C)NC(=O)[C@@H]1CCCN1)C(=O)N[C@@H](CC(=O)O)C(=O)N[C@@H](CC(=O)O)C(=O)O. The molecule has 15 nitrogen and oxygen atoms in total. The molecule has 0 radical (unpaired) electrons.